The third-order valence-corrected chi connectivity index (χ3v) is 4.25. The molecule has 5 nitrogen and oxygen atoms in total. The van der Waals surface area contributed by atoms with Gasteiger partial charge in [-0.2, -0.15) is 0 Å². The zero-order valence-electron chi connectivity index (χ0n) is 12.3. The second-order valence-corrected chi connectivity index (χ2v) is 6.50. The number of carbonyl (C=O) groups is 1. The highest BCUT2D eigenvalue weighted by Crippen LogP contribution is 2.21. The van der Waals surface area contributed by atoms with Crippen molar-refractivity contribution in [3.05, 3.63) is 46.6 Å². The molecule has 0 fully saturated rings. The number of rotatable bonds is 5. The molecule has 116 valence electrons. The van der Waals surface area contributed by atoms with Crippen LogP contribution in [0.4, 0.5) is 5.82 Å². The summed E-state index contributed by atoms with van der Waals surface area (Å²) in [6.45, 7) is 4.03. The molecule has 1 atom stereocenters. The smallest absolute Gasteiger partial charge is 0.233 e. The monoisotopic (exact) mass is 336 g/mol. The molecule has 1 aromatic heterocycles. The number of aromatic nitrogens is 2. The molecule has 2 aromatic rings. The molecule has 0 spiro atoms. The Morgan fingerprint density at radius 1 is 1.41 bits per heavy atom. The number of hydrogen-bond donors (Lipinski definition) is 2. The summed E-state index contributed by atoms with van der Waals surface area (Å²) in [5.41, 5.74) is 7.34. The van der Waals surface area contributed by atoms with Gasteiger partial charge in [-0.3, -0.25) is 4.79 Å². The van der Waals surface area contributed by atoms with Crippen LogP contribution in [0.25, 0.3) is 0 Å². The van der Waals surface area contributed by atoms with E-state index in [1.54, 1.807) is 19.1 Å². The molecule has 0 saturated carbocycles. The Labute approximate surface area is 138 Å². The van der Waals surface area contributed by atoms with Gasteiger partial charge in [-0.15, -0.1) is 0 Å². The Kier molecular flexibility index (Phi) is 5.63. The first kappa shape index (κ1) is 16.6. The van der Waals surface area contributed by atoms with E-state index >= 15 is 0 Å². The lowest BCUT2D eigenvalue weighted by Gasteiger charge is -2.12. The molecule has 0 radical (unpaired) electrons. The molecule has 2 rings (SSSR count). The first-order valence-electron chi connectivity index (χ1n) is 6.74. The molecule has 3 N–H and O–H groups in total. The van der Waals surface area contributed by atoms with Crippen LogP contribution in [-0.2, 0) is 11.3 Å². The fourth-order valence-electron chi connectivity index (χ4n) is 1.80. The predicted molar refractivity (Wildman–Crippen MR) is 89.8 cm³/mol. The summed E-state index contributed by atoms with van der Waals surface area (Å²) in [6, 6.07) is 9.10. The van der Waals surface area contributed by atoms with E-state index in [0.29, 0.717) is 22.5 Å². The molecule has 1 unspecified atom stereocenters. The van der Waals surface area contributed by atoms with Crippen LogP contribution < -0.4 is 11.1 Å². The van der Waals surface area contributed by atoms with E-state index in [2.05, 4.69) is 15.3 Å². The highest BCUT2D eigenvalue weighted by Gasteiger charge is 2.16. The standard InChI is InChI=1S/C15H17ClN4OS/c1-9-7-13(17)20-15(19-9)22-10(2)14(21)18-8-11-5-3-4-6-12(11)16/h3-7,10H,8H2,1-2H3,(H,18,21)(H2,17,19,20). The summed E-state index contributed by atoms with van der Waals surface area (Å²) in [6.07, 6.45) is 0. The van der Waals surface area contributed by atoms with E-state index < -0.39 is 0 Å². The fourth-order valence-corrected chi connectivity index (χ4v) is 2.86. The summed E-state index contributed by atoms with van der Waals surface area (Å²) in [5, 5.41) is 3.66. The number of hydrogen-bond acceptors (Lipinski definition) is 5. The fraction of sp³-hybridized carbons (Fsp3) is 0.267. The molecule has 0 aliphatic carbocycles. The van der Waals surface area contributed by atoms with Crippen LogP contribution in [0.1, 0.15) is 18.2 Å². The number of aryl methyl sites for hydroxylation is 1. The van der Waals surface area contributed by atoms with Crippen molar-refractivity contribution in [1.82, 2.24) is 15.3 Å². The summed E-state index contributed by atoms with van der Waals surface area (Å²) < 4.78 is 0. The Balaban J connectivity index is 1.93. The topological polar surface area (TPSA) is 80.9 Å². The van der Waals surface area contributed by atoms with Crippen LogP contribution in [-0.4, -0.2) is 21.1 Å². The van der Waals surface area contributed by atoms with Crippen LogP contribution in [0.5, 0.6) is 0 Å². The van der Waals surface area contributed by atoms with Gasteiger partial charge in [0.1, 0.15) is 5.82 Å². The summed E-state index contributed by atoms with van der Waals surface area (Å²) in [5.74, 6) is 0.298. The Hall–Kier alpha value is -1.79. The minimum Gasteiger partial charge on any atom is -0.384 e. The SMILES string of the molecule is Cc1cc(N)nc(SC(C)C(=O)NCc2ccccc2Cl)n1. The van der Waals surface area contributed by atoms with Crippen molar-refractivity contribution in [1.29, 1.82) is 0 Å². The predicted octanol–water partition coefficient (Wildman–Crippen LogP) is 2.82. The summed E-state index contributed by atoms with van der Waals surface area (Å²) in [7, 11) is 0. The highest BCUT2D eigenvalue weighted by molar-refractivity contribution is 8.00. The number of amides is 1. The van der Waals surface area contributed by atoms with Gasteiger partial charge in [0.15, 0.2) is 5.16 Å². The zero-order chi connectivity index (χ0) is 16.1. The van der Waals surface area contributed by atoms with E-state index in [0.717, 1.165) is 11.3 Å². The lowest BCUT2D eigenvalue weighted by atomic mass is 10.2. The van der Waals surface area contributed by atoms with Gasteiger partial charge in [0.2, 0.25) is 5.91 Å². The van der Waals surface area contributed by atoms with Gasteiger partial charge in [0.25, 0.3) is 0 Å². The van der Waals surface area contributed by atoms with Crippen molar-refractivity contribution in [2.24, 2.45) is 0 Å². The van der Waals surface area contributed by atoms with Crippen LogP contribution in [0.2, 0.25) is 5.02 Å². The molecular weight excluding hydrogens is 320 g/mol. The number of nitrogens with one attached hydrogen (secondary N) is 1. The first-order valence-corrected chi connectivity index (χ1v) is 8.00. The van der Waals surface area contributed by atoms with Gasteiger partial charge in [0, 0.05) is 23.3 Å². The number of halogens is 1. The lowest BCUT2D eigenvalue weighted by molar-refractivity contribution is -0.120. The Morgan fingerprint density at radius 2 is 2.14 bits per heavy atom. The molecule has 1 heterocycles. The number of nitrogen functional groups attached to an aromatic ring is 1. The second-order valence-electron chi connectivity index (χ2n) is 4.79. The summed E-state index contributed by atoms with van der Waals surface area (Å²) in [4.78, 5) is 20.5. The van der Waals surface area contributed by atoms with Gasteiger partial charge >= 0.3 is 0 Å². The normalized spacial score (nSPS) is 12.0. The minimum atomic E-state index is -0.330. The number of anilines is 1. The van der Waals surface area contributed by atoms with Gasteiger partial charge in [-0.05, 0) is 25.5 Å². The van der Waals surface area contributed by atoms with Crippen molar-refractivity contribution in [3.8, 4) is 0 Å². The number of thioether (sulfide) groups is 1. The second kappa shape index (κ2) is 7.47. The van der Waals surface area contributed by atoms with E-state index in [9.17, 15) is 4.79 Å². The highest BCUT2D eigenvalue weighted by atomic mass is 35.5. The largest absolute Gasteiger partial charge is 0.384 e. The average molecular weight is 337 g/mol. The molecule has 1 aromatic carbocycles. The maximum Gasteiger partial charge on any atom is 0.233 e. The van der Waals surface area contributed by atoms with Crippen molar-refractivity contribution in [2.75, 3.05) is 5.73 Å². The van der Waals surface area contributed by atoms with Crippen LogP contribution in [0.3, 0.4) is 0 Å². The van der Waals surface area contributed by atoms with Crippen LogP contribution >= 0.6 is 23.4 Å². The molecule has 0 aliphatic rings. The number of nitrogens with two attached hydrogens (primary N) is 1. The van der Waals surface area contributed by atoms with Gasteiger partial charge < -0.3 is 11.1 Å². The molecular formula is C15H17ClN4OS. The van der Waals surface area contributed by atoms with Crippen LogP contribution in [0, 0.1) is 6.92 Å². The van der Waals surface area contributed by atoms with Crippen molar-refractivity contribution < 1.29 is 4.79 Å². The van der Waals surface area contributed by atoms with E-state index in [4.69, 9.17) is 17.3 Å². The van der Waals surface area contributed by atoms with Crippen molar-refractivity contribution >= 4 is 35.1 Å². The zero-order valence-corrected chi connectivity index (χ0v) is 13.9. The average Bonchev–Trinajstić information content (AvgIpc) is 2.45. The number of carbonyl (C=O) groups excluding carboxylic acids is 1. The molecule has 7 heteroatoms. The molecule has 0 saturated heterocycles. The third-order valence-electron chi connectivity index (χ3n) is 2.92. The lowest BCUT2D eigenvalue weighted by Crippen LogP contribution is -2.30. The van der Waals surface area contributed by atoms with E-state index in [1.807, 2.05) is 25.1 Å². The minimum absolute atomic E-state index is 0.103. The van der Waals surface area contributed by atoms with Gasteiger partial charge in [-0.25, -0.2) is 9.97 Å². The van der Waals surface area contributed by atoms with Gasteiger partial charge in [-0.1, -0.05) is 41.6 Å². The maximum atomic E-state index is 12.1. The van der Waals surface area contributed by atoms with Crippen LogP contribution in [0.15, 0.2) is 35.5 Å². The van der Waals surface area contributed by atoms with E-state index in [-0.39, 0.29) is 11.2 Å². The maximum absolute atomic E-state index is 12.1. The van der Waals surface area contributed by atoms with Crippen molar-refractivity contribution in [2.45, 2.75) is 30.8 Å². The van der Waals surface area contributed by atoms with E-state index in [1.165, 1.54) is 11.8 Å². The molecule has 0 bridgehead atoms. The Morgan fingerprint density at radius 3 is 2.82 bits per heavy atom. The molecule has 0 aliphatic heterocycles. The van der Waals surface area contributed by atoms with Crippen molar-refractivity contribution in [3.63, 3.8) is 0 Å². The third kappa shape index (κ3) is 4.61. The number of nitrogens with zero attached hydrogens (tertiary/aromatic N) is 2. The quantitative estimate of drug-likeness (QED) is 0.648. The summed E-state index contributed by atoms with van der Waals surface area (Å²) >= 11 is 7.33. The number of benzene rings is 1. The molecule has 22 heavy (non-hydrogen) atoms. The molecule has 1 amide bonds. The van der Waals surface area contributed by atoms with Gasteiger partial charge in [0.05, 0.1) is 5.25 Å². The Bertz CT molecular complexity index is 660. The first-order chi connectivity index (χ1) is 10.5.